The number of nitrogens with zero attached hydrogens (tertiary/aromatic N) is 1. The van der Waals surface area contributed by atoms with Crippen molar-refractivity contribution in [2.45, 2.75) is 53.0 Å². The van der Waals surface area contributed by atoms with Crippen molar-refractivity contribution in [1.82, 2.24) is 0 Å². The van der Waals surface area contributed by atoms with Crippen LogP contribution in [0.25, 0.3) is 0 Å². The molecule has 0 aliphatic carbocycles. The number of para-hydroxylation sites is 1. The third kappa shape index (κ3) is 2.20. The van der Waals surface area contributed by atoms with Crippen molar-refractivity contribution in [2.75, 3.05) is 11.4 Å². The highest BCUT2D eigenvalue weighted by atomic mass is 15.2. The Labute approximate surface area is 106 Å². The lowest BCUT2D eigenvalue weighted by Gasteiger charge is -2.36. The zero-order valence-electron chi connectivity index (χ0n) is 12.0. The van der Waals surface area contributed by atoms with E-state index in [9.17, 15) is 0 Å². The molecule has 2 rings (SSSR count). The first-order valence-corrected chi connectivity index (χ1v) is 6.58. The van der Waals surface area contributed by atoms with Crippen LogP contribution in [0, 0.1) is 5.41 Å². The van der Waals surface area contributed by atoms with E-state index in [1.165, 1.54) is 11.3 Å². The van der Waals surface area contributed by atoms with Crippen LogP contribution in [0.3, 0.4) is 0 Å². The van der Waals surface area contributed by atoms with Crippen LogP contribution in [-0.2, 0) is 0 Å². The molecule has 0 spiro atoms. The van der Waals surface area contributed by atoms with Crippen LogP contribution >= 0.6 is 0 Å². The summed E-state index contributed by atoms with van der Waals surface area (Å²) in [5, 5.41) is 0. The second-order valence-electron chi connectivity index (χ2n) is 7.26. The van der Waals surface area contributed by atoms with E-state index in [0.29, 0.717) is 11.3 Å². The van der Waals surface area contributed by atoms with E-state index in [4.69, 9.17) is 0 Å². The summed E-state index contributed by atoms with van der Waals surface area (Å²) in [5.74, 6) is 0.637. The van der Waals surface area contributed by atoms with E-state index < -0.39 is 0 Å². The van der Waals surface area contributed by atoms with Gasteiger partial charge in [-0.25, -0.2) is 0 Å². The molecule has 0 bridgehead atoms. The molecule has 1 unspecified atom stereocenters. The molecule has 1 aliphatic rings. The van der Waals surface area contributed by atoms with Crippen molar-refractivity contribution in [2.24, 2.45) is 5.41 Å². The first-order chi connectivity index (χ1) is 7.71. The van der Waals surface area contributed by atoms with Crippen molar-refractivity contribution >= 4 is 5.69 Å². The zero-order valence-corrected chi connectivity index (χ0v) is 12.0. The molecule has 1 nitrogen and oxygen atoms in total. The molecule has 1 aliphatic heterocycles. The SMILES string of the molecule is CC(C)(C)C1CN(C(C)(C)C)c2ccccc21. The Hall–Kier alpha value is -0.980. The molecule has 17 heavy (non-hydrogen) atoms. The molecule has 1 aromatic carbocycles. The highest BCUT2D eigenvalue weighted by Gasteiger charge is 2.39. The molecule has 0 radical (unpaired) electrons. The average molecular weight is 231 g/mol. The third-order valence-electron chi connectivity index (χ3n) is 3.82. The predicted octanol–water partition coefficient (Wildman–Crippen LogP) is 4.43. The molecule has 0 saturated heterocycles. The van der Waals surface area contributed by atoms with Gasteiger partial charge in [-0.05, 0) is 37.8 Å². The van der Waals surface area contributed by atoms with Crippen LogP contribution in [0.5, 0.6) is 0 Å². The lowest BCUT2D eigenvalue weighted by molar-refractivity contribution is 0.323. The van der Waals surface area contributed by atoms with Crippen molar-refractivity contribution < 1.29 is 0 Å². The molecule has 0 saturated carbocycles. The lowest BCUT2D eigenvalue weighted by atomic mass is 9.78. The van der Waals surface area contributed by atoms with Gasteiger partial charge in [0.15, 0.2) is 0 Å². The van der Waals surface area contributed by atoms with E-state index in [1.807, 2.05) is 0 Å². The van der Waals surface area contributed by atoms with E-state index in [2.05, 4.69) is 70.7 Å². The number of rotatable bonds is 0. The summed E-state index contributed by atoms with van der Waals surface area (Å²) in [7, 11) is 0. The highest BCUT2D eigenvalue weighted by Crippen LogP contribution is 2.47. The van der Waals surface area contributed by atoms with Crippen molar-refractivity contribution in [3.8, 4) is 0 Å². The maximum absolute atomic E-state index is 2.55. The summed E-state index contributed by atoms with van der Waals surface area (Å²) in [6.07, 6.45) is 0. The number of benzene rings is 1. The van der Waals surface area contributed by atoms with Crippen LogP contribution in [0.2, 0.25) is 0 Å². The fourth-order valence-corrected chi connectivity index (χ4v) is 2.78. The van der Waals surface area contributed by atoms with Crippen LogP contribution in [0.15, 0.2) is 24.3 Å². The molecular formula is C16H25N. The lowest BCUT2D eigenvalue weighted by Crippen LogP contribution is -2.41. The Morgan fingerprint density at radius 2 is 1.59 bits per heavy atom. The Bertz CT molecular complexity index is 367. The highest BCUT2D eigenvalue weighted by molar-refractivity contribution is 5.62. The topological polar surface area (TPSA) is 3.24 Å². The second kappa shape index (κ2) is 3.76. The Morgan fingerprint density at radius 3 is 2.12 bits per heavy atom. The van der Waals surface area contributed by atoms with Gasteiger partial charge in [-0.15, -0.1) is 0 Å². The van der Waals surface area contributed by atoms with E-state index in [0.717, 1.165) is 6.54 Å². The summed E-state index contributed by atoms with van der Waals surface area (Å²) >= 11 is 0. The minimum Gasteiger partial charge on any atom is -0.366 e. The van der Waals surface area contributed by atoms with Crippen LogP contribution in [-0.4, -0.2) is 12.1 Å². The van der Waals surface area contributed by atoms with Gasteiger partial charge in [0, 0.05) is 23.7 Å². The molecule has 94 valence electrons. The smallest absolute Gasteiger partial charge is 0.0407 e. The van der Waals surface area contributed by atoms with Crippen molar-refractivity contribution in [1.29, 1.82) is 0 Å². The van der Waals surface area contributed by atoms with Gasteiger partial charge in [0.2, 0.25) is 0 Å². The molecule has 1 heteroatoms. The summed E-state index contributed by atoms with van der Waals surface area (Å²) in [4.78, 5) is 2.55. The minimum atomic E-state index is 0.204. The van der Waals surface area contributed by atoms with Gasteiger partial charge >= 0.3 is 0 Å². The number of fused-ring (bicyclic) bond motifs is 1. The Kier molecular flexibility index (Phi) is 2.76. The van der Waals surface area contributed by atoms with Crippen LogP contribution in [0.4, 0.5) is 5.69 Å². The quantitative estimate of drug-likeness (QED) is 0.638. The van der Waals surface area contributed by atoms with Gasteiger partial charge in [0.05, 0.1) is 0 Å². The normalized spacial score (nSPS) is 20.6. The average Bonchev–Trinajstić information content (AvgIpc) is 2.55. The largest absolute Gasteiger partial charge is 0.366 e. The van der Waals surface area contributed by atoms with Gasteiger partial charge in [0.1, 0.15) is 0 Å². The number of hydrogen-bond donors (Lipinski definition) is 0. The van der Waals surface area contributed by atoms with Gasteiger partial charge < -0.3 is 4.90 Å². The maximum Gasteiger partial charge on any atom is 0.0407 e. The fraction of sp³-hybridized carbons (Fsp3) is 0.625. The zero-order chi connectivity index (χ0) is 12.8. The molecule has 1 heterocycles. The summed E-state index contributed by atoms with van der Waals surface area (Å²) < 4.78 is 0. The first kappa shape index (κ1) is 12.5. The molecule has 0 amide bonds. The van der Waals surface area contributed by atoms with Crippen molar-refractivity contribution in [3.63, 3.8) is 0 Å². The fourth-order valence-electron chi connectivity index (χ4n) is 2.78. The van der Waals surface area contributed by atoms with Gasteiger partial charge in [-0.2, -0.15) is 0 Å². The molecule has 0 fully saturated rings. The molecular weight excluding hydrogens is 206 g/mol. The van der Waals surface area contributed by atoms with E-state index >= 15 is 0 Å². The van der Waals surface area contributed by atoms with E-state index in [-0.39, 0.29) is 5.54 Å². The summed E-state index contributed by atoms with van der Waals surface area (Å²) in [5.41, 5.74) is 3.49. The Morgan fingerprint density at radius 1 is 1.00 bits per heavy atom. The van der Waals surface area contributed by atoms with Crippen molar-refractivity contribution in [3.05, 3.63) is 29.8 Å². The van der Waals surface area contributed by atoms with E-state index in [1.54, 1.807) is 0 Å². The van der Waals surface area contributed by atoms with Gasteiger partial charge in [0.25, 0.3) is 0 Å². The van der Waals surface area contributed by atoms with Gasteiger partial charge in [-0.3, -0.25) is 0 Å². The molecule has 1 atom stereocenters. The van der Waals surface area contributed by atoms with Gasteiger partial charge in [-0.1, -0.05) is 39.0 Å². The predicted molar refractivity (Wildman–Crippen MR) is 75.7 cm³/mol. The van der Waals surface area contributed by atoms with Crippen LogP contribution < -0.4 is 4.90 Å². The van der Waals surface area contributed by atoms with Crippen LogP contribution in [0.1, 0.15) is 53.0 Å². The Balaban J connectivity index is 2.47. The molecule has 1 aromatic rings. The first-order valence-electron chi connectivity index (χ1n) is 6.58. The third-order valence-corrected chi connectivity index (χ3v) is 3.82. The number of hydrogen-bond acceptors (Lipinski definition) is 1. The summed E-state index contributed by atoms with van der Waals surface area (Å²) in [6.45, 7) is 15.1. The molecule has 0 aromatic heterocycles. The summed E-state index contributed by atoms with van der Waals surface area (Å²) in [6, 6.07) is 8.90. The number of anilines is 1. The second-order valence-corrected chi connectivity index (χ2v) is 7.26. The minimum absolute atomic E-state index is 0.204. The maximum atomic E-state index is 2.55. The molecule has 0 N–H and O–H groups in total. The monoisotopic (exact) mass is 231 g/mol. The standard InChI is InChI=1S/C16H25N/c1-15(2,3)13-11-17(16(4,5)6)14-10-8-7-9-12(13)14/h7-10,13H,11H2,1-6H3.